The normalized spacial score (nSPS) is 15.4. The Morgan fingerprint density at radius 3 is 2.37 bits per heavy atom. The van der Waals surface area contributed by atoms with E-state index in [4.69, 9.17) is 4.98 Å². The van der Waals surface area contributed by atoms with Gasteiger partial charge in [0.05, 0.1) is 5.69 Å². The highest BCUT2D eigenvalue weighted by atomic mass is 16.1. The fourth-order valence-electron chi connectivity index (χ4n) is 3.77. The van der Waals surface area contributed by atoms with E-state index in [0.29, 0.717) is 11.5 Å². The molecule has 0 saturated carbocycles. The number of likely N-dealkylation sites (tertiary alicyclic amines) is 1. The lowest BCUT2D eigenvalue weighted by atomic mass is 10.1. The maximum absolute atomic E-state index is 12.3. The first-order chi connectivity index (χ1) is 13.3. The van der Waals surface area contributed by atoms with Gasteiger partial charge in [-0.25, -0.2) is 4.98 Å². The van der Waals surface area contributed by atoms with E-state index in [-0.39, 0.29) is 5.56 Å². The third kappa shape index (κ3) is 4.34. The Hall–Kier alpha value is -2.72. The van der Waals surface area contributed by atoms with Crippen LogP contribution in [0.1, 0.15) is 31.2 Å². The minimum absolute atomic E-state index is 0.122. The summed E-state index contributed by atoms with van der Waals surface area (Å²) in [7, 11) is 0. The number of H-pyrrole nitrogens is 1. The number of hydrogen-bond acceptors (Lipinski definition) is 3. The van der Waals surface area contributed by atoms with E-state index in [1.165, 1.54) is 31.2 Å². The minimum atomic E-state index is -0.122. The van der Waals surface area contributed by atoms with Crippen LogP contribution in [0, 0.1) is 0 Å². The van der Waals surface area contributed by atoms with Crippen LogP contribution >= 0.6 is 0 Å². The van der Waals surface area contributed by atoms with Crippen molar-refractivity contribution in [3.8, 4) is 22.6 Å². The van der Waals surface area contributed by atoms with Gasteiger partial charge in [0.25, 0.3) is 5.56 Å². The number of rotatable bonds is 4. The van der Waals surface area contributed by atoms with E-state index in [1.54, 1.807) is 6.07 Å². The Balaban J connectivity index is 1.69. The summed E-state index contributed by atoms with van der Waals surface area (Å²) in [5.41, 5.74) is 3.77. The van der Waals surface area contributed by atoms with E-state index in [1.807, 2.05) is 36.4 Å². The second kappa shape index (κ2) is 8.31. The number of nitrogens with one attached hydrogen (secondary N) is 1. The van der Waals surface area contributed by atoms with Gasteiger partial charge in [0.2, 0.25) is 0 Å². The molecule has 4 heteroatoms. The van der Waals surface area contributed by atoms with Gasteiger partial charge in [-0.15, -0.1) is 0 Å². The molecule has 27 heavy (non-hydrogen) atoms. The molecule has 0 bridgehead atoms. The monoisotopic (exact) mass is 359 g/mol. The molecule has 1 aliphatic rings. The molecule has 0 atom stereocenters. The van der Waals surface area contributed by atoms with Gasteiger partial charge in [0.1, 0.15) is 5.82 Å². The highest BCUT2D eigenvalue weighted by Gasteiger charge is 2.14. The molecule has 0 radical (unpaired) electrons. The highest BCUT2D eigenvalue weighted by molar-refractivity contribution is 5.65. The van der Waals surface area contributed by atoms with Crippen LogP contribution in [0.15, 0.2) is 65.5 Å². The number of aromatic amines is 1. The number of benzene rings is 2. The molecule has 138 valence electrons. The molecular weight excluding hydrogens is 334 g/mol. The molecule has 0 aliphatic carbocycles. The van der Waals surface area contributed by atoms with Crippen LogP contribution < -0.4 is 5.56 Å². The van der Waals surface area contributed by atoms with Crippen molar-refractivity contribution >= 4 is 0 Å². The standard InChI is InChI=1S/C23H25N3O/c27-22-16-21(18-10-4-3-5-11-18)24-23(25-22)20-13-7-6-12-19(20)17-26-14-8-1-2-9-15-26/h3-7,10-13,16H,1-2,8-9,14-15,17H2,(H,24,25,27). The molecule has 2 aromatic carbocycles. The summed E-state index contributed by atoms with van der Waals surface area (Å²) < 4.78 is 0. The van der Waals surface area contributed by atoms with Crippen LogP contribution in [-0.2, 0) is 6.54 Å². The maximum atomic E-state index is 12.3. The van der Waals surface area contributed by atoms with Crippen LogP contribution in [-0.4, -0.2) is 28.0 Å². The molecule has 4 rings (SSSR count). The van der Waals surface area contributed by atoms with Crippen molar-refractivity contribution in [3.63, 3.8) is 0 Å². The lowest BCUT2D eigenvalue weighted by molar-refractivity contribution is 0.277. The fraction of sp³-hybridized carbons (Fsp3) is 0.304. The van der Waals surface area contributed by atoms with Crippen molar-refractivity contribution in [2.45, 2.75) is 32.2 Å². The molecule has 1 aliphatic heterocycles. The lowest BCUT2D eigenvalue weighted by Crippen LogP contribution is -2.24. The zero-order valence-electron chi connectivity index (χ0n) is 15.5. The third-order valence-electron chi connectivity index (χ3n) is 5.18. The molecule has 2 heterocycles. The quantitative estimate of drug-likeness (QED) is 0.747. The predicted octanol–water partition coefficient (Wildman–Crippen LogP) is 4.48. The molecule has 0 unspecified atom stereocenters. The van der Waals surface area contributed by atoms with Crippen LogP contribution in [0.3, 0.4) is 0 Å². The second-order valence-electron chi connectivity index (χ2n) is 7.19. The Labute approximate surface area is 159 Å². The summed E-state index contributed by atoms with van der Waals surface area (Å²) in [5, 5.41) is 0. The first kappa shape index (κ1) is 17.7. The van der Waals surface area contributed by atoms with Gasteiger partial charge in [-0.05, 0) is 31.5 Å². The van der Waals surface area contributed by atoms with E-state index < -0.39 is 0 Å². The van der Waals surface area contributed by atoms with Crippen molar-refractivity contribution in [3.05, 3.63) is 76.6 Å². The number of aromatic nitrogens is 2. The van der Waals surface area contributed by atoms with Crippen LogP contribution in [0.25, 0.3) is 22.6 Å². The molecule has 1 N–H and O–H groups in total. The van der Waals surface area contributed by atoms with Gasteiger partial charge in [-0.1, -0.05) is 67.4 Å². The fourth-order valence-corrected chi connectivity index (χ4v) is 3.77. The third-order valence-corrected chi connectivity index (χ3v) is 5.18. The zero-order chi connectivity index (χ0) is 18.5. The summed E-state index contributed by atoms with van der Waals surface area (Å²) in [4.78, 5) is 22.5. The maximum Gasteiger partial charge on any atom is 0.251 e. The molecule has 3 aromatic rings. The molecule has 1 saturated heterocycles. The SMILES string of the molecule is O=c1cc(-c2ccccc2)nc(-c2ccccc2CN2CCCCCC2)[nH]1. The topological polar surface area (TPSA) is 49.0 Å². The molecule has 4 nitrogen and oxygen atoms in total. The van der Waals surface area contributed by atoms with Gasteiger partial charge in [0.15, 0.2) is 0 Å². The van der Waals surface area contributed by atoms with Crippen molar-refractivity contribution in [1.82, 2.24) is 14.9 Å². The summed E-state index contributed by atoms with van der Waals surface area (Å²) in [6, 6.07) is 19.7. The van der Waals surface area contributed by atoms with Gasteiger partial charge < -0.3 is 4.98 Å². The molecule has 1 fully saturated rings. The largest absolute Gasteiger partial charge is 0.306 e. The summed E-state index contributed by atoms with van der Waals surface area (Å²) >= 11 is 0. The average molecular weight is 359 g/mol. The average Bonchev–Trinajstić information content (AvgIpc) is 2.97. The van der Waals surface area contributed by atoms with E-state index >= 15 is 0 Å². The molecule has 0 amide bonds. The van der Waals surface area contributed by atoms with Crippen molar-refractivity contribution in [2.24, 2.45) is 0 Å². The highest BCUT2D eigenvalue weighted by Crippen LogP contribution is 2.24. The number of hydrogen-bond donors (Lipinski definition) is 1. The van der Waals surface area contributed by atoms with Crippen LogP contribution in [0.4, 0.5) is 0 Å². The second-order valence-corrected chi connectivity index (χ2v) is 7.19. The Morgan fingerprint density at radius 2 is 1.59 bits per heavy atom. The Kier molecular flexibility index (Phi) is 5.45. The summed E-state index contributed by atoms with van der Waals surface area (Å²) in [6.07, 6.45) is 5.18. The Morgan fingerprint density at radius 1 is 0.889 bits per heavy atom. The van der Waals surface area contributed by atoms with Gasteiger partial charge in [-0.2, -0.15) is 0 Å². The van der Waals surface area contributed by atoms with E-state index in [9.17, 15) is 4.79 Å². The summed E-state index contributed by atoms with van der Waals surface area (Å²) in [6.45, 7) is 3.18. The van der Waals surface area contributed by atoms with Gasteiger partial charge >= 0.3 is 0 Å². The van der Waals surface area contributed by atoms with Crippen molar-refractivity contribution in [1.29, 1.82) is 0 Å². The summed E-state index contributed by atoms with van der Waals surface area (Å²) in [5.74, 6) is 0.645. The van der Waals surface area contributed by atoms with Gasteiger partial charge in [0, 0.05) is 23.7 Å². The number of nitrogens with zero attached hydrogens (tertiary/aromatic N) is 2. The lowest BCUT2D eigenvalue weighted by Gasteiger charge is -2.21. The Bertz CT molecular complexity index is 941. The first-order valence-corrected chi connectivity index (χ1v) is 9.77. The smallest absolute Gasteiger partial charge is 0.251 e. The zero-order valence-corrected chi connectivity index (χ0v) is 15.5. The van der Waals surface area contributed by atoms with Gasteiger partial charge in [-0.3, -0.25) is 9.69 Å². The first-order valence-electron chi connectivity index (χ1n) is 9.77. The van der Waals surface area contributed by atoms with Crippen LogP contribution in [0.2, 0.25) is 0 Å². The minimum Gasteiger partial charge on any atom is -0.306 e. The predicted molar refractivity (Wildman–Crippen MR) is 109 cm³/mol. The van der Waals surface area contributed by atoms with Crippen molar-refractivity contribution < 1.29 is 0 Å². The molecular formula is C23H25N3O. The van der Waals surface area contributed by atoms with E-state index in [2.05, 4.69) is 28.1 Å². The molecule has 1 aromatic heterocycles. The van der Waals surface area contributed by atoms with E-state index in [0.717, 1.165) is 30.8 Å². The van der Waals surface area contributed by atoms with Crippen molar-refractivity contribution in [2.75, 3.05) is 13.1 Å². The molecule has 0 spiro atoms. The van der Waals surface area contributed by atoms with Crippen LogP contribution in [0.5, 0.6) is 0 Å².